The van der Waals surface area contributed by atoms with Crippen molar-refractivity contribution in [1.82, 2.24) is 0 Å². The molecule has 0 aromatic heterocycles. The van der Waals surface area contributed by atoms with E-state index in [1.807, 2.05) is 0 Å². The van der Waals surface area contributed by atoms with E-state index in [-0.39, 0.29) is 22.6 Å². The summed E-state index contributed by atoms with van der Waals surface area (Å²) in [7, 11) is 0. The van der Waals surface area contributed by atoms with Gasteiger partial charge in [-0.3, -0.25) is 25.0 Å². The van der Waals surface area contributed by atoms with Crippen LogP contribution in [0.1, 0.15) is 38.8 Å². The van der Waals surface area contributed by atoms with Crippen molar-refractivity contribution in [3.05, 3.63) is 37.4 Å². The Balaban J connectivity index is 3.88. The summed E-state index contributed by atoms with van der Waals surface area (Å²) in [6.45, 7) is 7.54. The molecule has 0 heterocycles. The van der Waals surface area contributed by atoms with Crippen LogP contribution in [0.2, 0.25) is 0 Å². The smallest absolute Gasteiger partial charge is 0.321 e. The monoisotopic (exact) mass is 296 g/mol. The Morgan fingerprint density at radius 3 is 2.05 bits per heavy atom. The lowest BCUT2D eigenvalue weighted by atomic mass is 9.84. The van der Waals surface area contributed by atoms with Gasteiger partial charge in [-0.15, -0.1) is 0 Å². The molecule has 0 fully saturated rings. The zero-order valence-electron chi connectivity index (χ0n) is 12.4. The highest BCUT2D eigenvalue weighted by Gasteiger charge is 2.35. The lowest BCUT2D eigenvalue weighted by molar-refractivity contribution is -0.395. The van der Waals surface area contributed by atoms with Gasteiger partial charge >= 0.3 is 11.7 Å². The Hall–Kier alpha value is -2.51. The Morgan fingerprint density at radius 1 is 1.19 bits per heavy atom. The maximum atomic E-state index is 11.3. The summed E-state index contributed by atoms with van der Waals surface area (Å²) in [5.74, 6) is -0.958. The molecule has 0 saturated heterocycles. The van der Waals surface area contributed by atoms with Crippen LogP contribution < -0.4 is 4.74 Å². The second-order valence-corrected chi connectivity index (χ2v) is 5.60. The quantitative estimate of drug-likeness (QED) is 0.366. The zero-order valence-corrected chi connectivity index (χ0v) is 12.4. The van der Waals surface area contributed by atoms with Gasteiger partial charge in [0.15, 0.2) is 0 Å². The largest absolute Gasteiger partial charge is 0.419 e. The molecule has 0 atom stereocenters. The van der Waals surface area contributed by atoms with Crippen molar-refractivity contribution in [2.24, 2.45) is 0 Å². The molecule has 0 aliphatic heterocycles. The lowest BCUT2D eigenvalue weighted by Gasteiger charge is -2.22. The Labute approximate surface area is 121 Å². The number of esters is 1. The van der Waals surface area contributed by atoms with Gasteiger partial charge in [0.25, 0.3) is 5.69 Å². The number of benzene rings is 1. The lowest BCUT2D eigenvalue weighted by Crippen LogP contribution is -2.17. The van der Waals surface area contributed by atoms with Gasteiger partial charge in [0.1, 0.15) is 5.56 Å². The second-order valence-electron chi connectivity index (χ2n) is 5.60. The van der Waals surface area contributed by atoms with Gasteiger partial charge in [0.2, 0.25) is 5.75 Å². The van der Waals surface area contributed by atoms with Crippen LogP contribution in [-0.4, -0.2) is 15.8 Å². The molecule has 1 aromatic carbocycles. The fraction of sp³-hybridized carbons (Fsp3) is 0.462. The van der Waals surface area contributed by atoms with Crippen molar-refractivity contribution in [3.63, 3.8) is 0 Å². The molecule has 0 spiro atoms. The molecule has 0 aliphatic carbocycles. The van der Waals surface area contributed by atoms with E-state index in [0.717, 1.165) is 6.92 Å². The summed E-state index contributed by atoms with van der Waals surface area (Å²) in [4.78, 5) is 32.1. The topological polar surface area (TPSA) is 113 Å². The van der Waals surface area contributed by atoms with E-state index in [0.29, 0.717) is 0 Å². The molecule has 0 N–H and O–H groups in total. The van der Waals surface area contributed by atoms with E-state index >= 15 is 0 Å². The van der Waals surface area contributed by atoms with Crippen molar-refractivity contribution in [2.75, 3.05) is 0 Å². The molecule has 0 saturated carbocycles. The average molecular weight is 296 g/mol. The van der Waals surface area contributed by atoms with E-state index in [4.69, 9.17) is 4.74 Å². The number of carbonyl (C=O) groups excluding carboxylic acids is 1. The SMILES string of the molecule is CC(=O)Oc1c(C(C)(C)C)cc([N+](=O)[O-])c(C)c1[N+](=O)[O-]. The first-order valence-corrected chi connectivity index (χ1v) is 6.12. The maximum Gasteiger partial charge on any atom is 0.321 e. The third-order valence-electron chi connectivity index (χ3n) is 2.91. The van der Waals surface area contributed by atoms with E-state index in [2.05, 4.69) is 0 Å². The van der Waals surface area contributed by atoms with Crippen LogP contribution in [0.3, 0.4) is 0 Å². The molecular weight excluding hydrogens is 280 g/mol. The number of carbonyl (C=O) groups is 1. The minimum Gasteiger partial charge on any atom is -0.419 e. The van der Waals surface area contributed by atoms with Gasteiger partial charge in [-0.2, -0.15) is 0 Å². The van der Waals surface area contributed by atoms with Crippen molar-refractivity contribution < 1.29 is 19.4 Å². The molecule has 0 bridgehead atoms. The first-order valence-electron chi connectivity index (χ1n) is 6.12. The van der Waals surface area contributed by atoms with Gasteiger partial charge in [-0.25, -0.2) is 0 Å². The first kappa shape index (κ1) is 16.5. The Morgan fingerprint density at radius 2 is 1.71 bits per heavy atom. The number of nitro groups is 2. The molecule has 0 aliphatic rings. The van der Waals surface area contributed by atoms with E-state index in [1.54, 1.807) is 20.8 Å². The third kappa shape index (κ3) is 3.33. The number of rotatable bonds is 3. The fourth-order valence-electron chi connectivity index (χ4n) is 1.94. The van der Waals surface area contributed by atoms with Gasteiger partial charge in [-0.05, 0) is 12.3 Å². The summed E-state index contributed by atoms with van der Waals surface area (Å²) in [5, 5.41) is 22.4. The number of ether oxygens (including phenoxy) is 1. The van der Waals surface area contributed by atoms with Gasteiger partial charge in [-0.1, -0.05) is 20.8 Å². The zero-order chi connectivity index (χ0) is 16.5. The highest BCUT2D eigenvalue weighted by molar-refractivity contribution is 5.75. The summed E-state index contributed by atoms with van der Waals surface area (Å²) in [6, 6.07) is 1.22. The van der Waals surface area contributed by atoms with Crippen molar-refractivity contribution in [2.45, 2.75) is 40.0 Å². The second kappa shape index (κ2) is 5.47. The average Bonchev–Trinajstić information content (AvgIpc) is 2.25. The minimum absolute atomic E-state index is 0.144. The summed E-state index contributed by atoms with van der Waals surface area (Å²) in [6.07, 6.45) is 0. The molecule has 0 radical (unpaired) electrons. The van der Waals surface area contributed by atoms with Gasteiger partial charge in [0, 0.05) is 18.6 Å². The van der Waals surface area contributed by atoms with Crippen LogP contribution in [0.15, 0.2) is 6.07 Å². The predicted molar refractivity (Wildman–Crippen MR) is 74.5 cm³/mol. The molecule has 21 heavy (non-hydrogen) atoms. The highest BCUT2D eigenvalue weighted by Crippen LogP contribution is 2.44. The Kier molecular flexibility index (Phi) is 4.31. The molecule has 0 amide bonds. The van der Waals surface area contributed by atoms with Crippen LogP contribution in [0.4, 0.5) is 11.4 Å². The summed E-state index contributed by atoms with van der Waals surface area (Å²) >= 11 is 0. The molecule has 8 nitrogen and oxygen atoms in total. The van der Waals surface area contributed by atoms with Gasteiger partial charge in [0.05, 0.1) is 9.85 Å². The summed E-state index contributed by atoms with van der Waals surface area (Å²) < 4.78 is 4.98. The fourth-order valence-corrected chi connectivity index (χ4v) is 1.94. The minimum atomic E-state index is -0.768. The van der Waals surface area contributed by atoms with Crippen LogP contribution >= 0.6 is 0 Å². The highest BCUT2D eigenvalue weighted by atomic mass is 16.6. The maximum absolute atomic E-state index is 11.3. The molecule has 8 heteroatoms. The molecule has 114 valence electrons. The number of nitrogens with zero attached hydrogens (tertiary/aromatic N) is 2. The first-order chi connectivity index (χ1) is 9.46. The van der Waals surface area contributed by atoms with Gasteiger partial charge < -0.3 is 4.74 Å². The predicted octanol–water partition coefficient (Wildman–Crippen LogP) is 3.03. The normalized spacial score (nSPS) is 11.1. The van der Waals surface area contributed by atoms with E-state index in [9.17, 15) is 25.0 Å². The van der Waals surface area contributed by atoms with Crippen LogP contribution in [0.5, 0.6) is 5.75 Å². The number of hydrogen-bond donors (Lipinski definition) is 0. The third-order valence-corrected chi connectivity index (χ3v) is 2.91. The van der Waals surface area contributed by atoms with E-state index < -0.39 is 26.9 Å². The van der Waals surface area contributed by atoms with Crippen LogP contribution in [-0.2, 0) is 10.2 Å². The van der Waals surface area contributed by atoms with Crippen molar-refractivity contribution >= 4 is 17.3 Å². The standard InChI is InChI=1S/C13H16N2O6/c1-7-10(14(17)18)6-9(13(3,4)5)12(21-8(2)16)11(7)15(19)20/h6H,1-5H3. The number of hydrogen-bond acceptors (Lipinski definition) is 6. The molecule has 1 rings (SSSR count). The van der Waals surface area contributed by atoms with Crippen molar-refractivity contribution in [3.8, 4) is 5.75 Å². The summed E-state index contributed by atoms with van der Waals surface area (Å²) in [5.41, 5.74) is -1.50. The molecule has 0 unspecified atom stereocenters. The Bertz CT molecular complexity index is 631. The van der Waals surface area contributed by atoms with Crippen LogP contribution in [0.25, 0.3) is 0 Å². The van der Waals surface area contributed by atoms with E-state index in [1.165, 1.54) is 13.0 Å². The molecule has 1 aromatic rings. The van der Waals surface area contributed by atoms with Crippen molar-refractivity contribution in [1.29, 1.82) is 0 Å². The number of nitro benzene ring substituents is 2. The molecular formula is C13H16N2O6. The van der Waals surface area contributed by atoms with Crippen LogP contribution in [0, 0.1) is 27.2 Å².